The highest BCUT2D eigenvalue weighted by atomic mass is 32.1. The van der Waals surface area contributed by atoms with E-state index in [0.29, 0.717) is 35.3 Å². The SMILES string of the molecule is CCN(CC)C(C)CNC(=O)c1cc(NC2CC2)nc(-c2cnn3ccc(-c4cccs4)nc23)c1. The van der Waals surface area contributed by atoms with E-state index in [1.165, 1.54) is 0 Å². The molecule has 9 heteroatoms. The van der Waals surface area contributed by atoms with Gasteiger partial charge in [0.05, 0.1) is 28.0 Å². The molecule has 4 aromatic rings. The summed E-state index contributed by atoms with van der Waals surface area (Å²) in [6, 6.07) is 10.4. The summed E-state index contributed by atoms with van der Waals surface area (Å²) in [7, 11) is 0. The van der Waals surface area contributed by atoms with E-state index in [9.17, 15) is 4.79 Å². The van der Waals surface area contributed by atoms with Gasteiger partial charge in [-0.15, -0.1) is 11.3 Å². The minimum absolute atomic E-state index is 0.102. The number of nitrogens with one attached hydrogen (secondary N) is 2. The second-order valence-corrected chi connectivity index (χ2v) is 9.89. The van der Waals surface area contributed by atoms with Gasteiger partial charge in [-0.05, 0) is 62.5 Å². The summed E-state index contributed by atoms with van der Waals surface area (Å²) in [6.45, 7) is 8.92. The summed E-state index contributed by atoms with van der Waals surface area (Å²) in [4.78, 5) is 26.3. The molecule has 0 aliphatic heterocycles. The molecule has 4 aromatic heterocycles. The number of fused-ring (bicyclic) bond motifs is 1. The van der Waals surface area contributed by atoms with Gasteiger partial charge >= 0.3 is 0 Å². The Kier molecular flexibility index (Phi) is 6.79. The van der Waals surface area contributed by atoms with Crippen molar-refractivity contribution in [2.45, 2.75) is 45.7 Å². The molecule has 1 atom stereocenters. The van der Waals surface area contributed by atoms with E-state index in [4.69, 9.17) is 9.97 Å². The van der Waals surface area contributed by atoms with Crippen LogP contribution >= 0.6 is 11.3 Å². The van der Waals surface area contributed by atoms with E-state index < -0.39 is 0 Å². The number of carbonyl (C=O) groups excluding carboxylic acids is 1. The zero-order chi connectivity index (χ0) is 24.4. The summed E-state index contributed by atoms with van der Waals surface area (Å²) >= 11 is 1.65. The van der Waals surface area contributed by atoms with Crippen LogP contribution in [0.2, 0.25) is 0 Å². The molecule has 8 nitrogen and oxygen atoms in total. The number of amides is 1. The predicted molar refractivity (Wildman–Crippen MR) is 141 cm³/mol. The number of aromatic nitrogens is 4. The van der Waals surface area contributed by atoms with Crippen molar-refractivity contribution in [1.82, 2.24) is 29.8 Å². The van der Waals surface area contributed by atoms with Crippen LogP contribution in [-0.2, 0) is 0 Å². The lowest BCUT2D eigenvalue weighted by molar-refractivity contribution is 0.0938. The molecule has 182 valence electrons. The number of pyridine rings is 1. The first kappa shape index (κ1) is 23.4. The molecule has 4 heterocycles. The van der Waals surface area contributed by atoms with Crippen LogP contribution in [0.3, 0.4) is 0 Å². The molecule has 0 spiro atoms. The van der Waals surface area contributed by atoms with Gasteiger partial charge in [-0.3, -0.25) is 9.69 Å². The Morgan fingerprint density at radius 2 is 2.03 bits per heavy atom. The van der Waals surface area contributed by atoms with E-state index in [-0.39, 0.29) is 11.9 Å². The number of hydrogen-bond donors (Lipinski definition) is 2. The van der Waals surface area contributed by atoms with Gasteiger partial charge < -0.3 is 10.6 Å². The maximum atomic E-state index is 13.2. The van der Waals surface area contributed by atoms with Crippen LogP contribution < -0.4 is 10.6 Å². The third-order valence-electron chi connectivity index (χ3n) is 6.43. The molecule has 1 saturated carbocycles. The molecule has 1 amide bonds. The lowest BCUT2D eigenvalue weighted by Crippen LogP contribution is -2.42. The molecule has 0 saturated heterocycles. The molecule has 0 aromatic carbocycles. The average molecular weight is 490 g/mol. The Bertz CT molecular complexity index is 1310. The van der Waals surface area contributed by atoms with Crippen molar-refractivity contribution in [3.05, 3.63) is 53.7 Å². The van der Waals surface area contributed by atoms with E-state index in [1.807, 2.05) is 35.8 Å². The smallest absolute Gasteiger partial charge is 0.251 e. The Balaban J connectivity index is 1.47. The van der Waals surface area contributed by atoms with E-state index >= 15 is 0 Å². The highest BCUT2D eigenvalue weighted by molar-refractivity contribution is 7.13. The minimum atomic E-state index is -0.102. The number of anilines is 1. The quantitative estimate of drug-likeness (QED) is 0.340. The summed E-state index contributed by atoms with van der Waals surface area (Å²) in [5.74, 6) is 0.607. The number of rotatable bonds is 10. The Morgan fingerprint density at radius 1 is 1.20 bits per heavy atom. The summed E-state index contributed by atoms with van der Waals surface area (Å²) in [5, 5.41) is 13.1. The topological polar surface area (TPSA) is 87.5 Å². The fourth-order valence-electron chi connectivity index (χ4n) is 4.24. The van der Waals surface area contributed by atoms with Crippen LogP contribution in [0.15, 0.2) is 48.1 Å². The number of thiophene rings is 1. The van der Waals surface area contributed by atoms with Gasteiger partial charge in [0.1, 0.15) is 5.82 Å². The fourth-order valence-corrected chi connectivity index (χ4v) is 4.94. The molecule has 1 fully saturated rings. The molecule has 0 radical (unpaired) electrons. The zero-order valence-corrected chi connectivity index (χ0v) is 21.2. The van der Waals surface area contributed by atoms with E-state index in [2.05, 4.69) is 47.5 Å². The van der Waals surface area contributed by atoms with Crippen molar-refractivity contribution in [1.29, 1.82) is 0 Å². The molecular weight excluding hydrogens is 458 g/mol. The first-order valence-electron chi connectivity index (χ1n) is 12.2. The zero-order valence-electron chi connectivity index (χ0n) is 20.4. The first-order chi connectivity index (χ1) is 17.1. The molecular formula is C26H31N7OS. The fraction of sp³-hybridized carbons (Fsp3) is 0.385. The van der Waals surface area contributed by atoms with Crippen LogP contribution in [0.25, 0.3) is 27.5 Å². The summed E-state index contributed by atoms with van der Waals surface area (Å²) in [6.07, 6.45) is 5.93. The van der Waals surface area contributed by atoms with Gasteiger partial charge in [-0.25, -0.2) is 14.5 Å². The molecule has 35 heavy (non-hydrogen) atoms. The Hall–Kier alpha value is -3.30. The van der Waals surface area contributed by atoms with Crippen LogP contribution in [0.4, 0.5) is 5.82 Å². The second-order valence-electron chi connectivity index (χ2n) is 8.94. The summed E-state index contributed by atoms with van der Waals surface area (Å²) < 4.78 is 1.75. The van der Waals surface area contributed by atoms with Crippen molar-refractivity contribution in [2.75, 3.05) is 25.0 Å². The number of nitrogens with zero attached hydrogens (tertiary/aromatic N) is 5. The Morgan fingerprint density at radius 3 is 2.74 bits per heavy atom. The Labute approximate surface area is 209 Å². The molecule has 5 rings (SSSR count). The lowest BCUT2D eigenvalue weighted by Gasteiger charge is -2.26. The number of likely N-dealkylation sites (N-methyl/N-ethyl adjacent to an activating group) is 1. The number of hydrogen-bond acceptors (Lipinski definition) is 7. The van der Waals surface area contributed by atoms with Crippen molar-refractivity contribution in [2.24, 2.45) is 0 Å². The average Bonchev–Trinajstić information content (AvgIpc) is 3.34. The number of carbonyl (C=O) groups is 1. The van der Waals surface area contributed by atoms with Gasteiger partial charge in [-0.2, -0.15) is 5.10 Å². The van der Waals surface area contributed by atoms with Gasteiger partial charge in [0, 0.05) is 30.4 Å². The van der Waals surface area contributed by atoms with Crippen LogP contribution in [0.1, 0.15) is 44.0 Å². The third-order valence-corrected chi connectivity index (χ3v) is 7.32. The lowest BCUT2D eigenvalue weighted by atomic mass is 10.1. The molecule has 0 bridgehead atoms. The largest absolute Gasteiger partial charge is 0.367 e. The van der Waals surface area contributed by atoms with Gasteiger partial charge in [0.25, 0.3) is 5.91 Å². The van der Waals surface area contributed by atoms with E-state index in [0.717, 1.165) is 42.1 Å². The van der Waals surface area contributed by atoms with Crippen molar-refractivity contribution >= 4 is 28.7 Å². The first-order valence-corrected chi connectivity index (χ1v) is 13.1. The monoisotopic (exact) mass is 489 g/mol. The predicted octanol–water partition coefficient (Wildman–Crippen LogP) is 4.55. The maximum absolute atomic E-state index is 13.2. The standard InChI is InChI=1S/C26H31N7OS/c1-4-32(5-2)17(3)15-27-26(34)18-13-22(30-24(14-18)29-19-8-9-19)20-16-28-33-11-10-21(31-25(20)33)23-7-6-12-35-23/h6-7,10-14,16-17,19H,4-5,8-9,15H2,1-3H3,(H,27,34)(H,29,30). The van der Waals surface area contributed by atoms with Crippen LogP contribution in [0.5, 0.6) is 0 Å². The van der Waals surface area contributed by atoms with Gasteiger partial charge in [0.15, 0.2) is 5.65 Å². The van der Waals surface area contributed by atoms with Crippen molar-refractivity contribution in [3.63, 3.8) is 0 Å². The van der Waals surface area contributed by atoms with E-state index in [1.54, 1.807) is 22.0 Å². The highest BCUT2D eigenvalue weighted by Gasteiger charge is 2.23. The van der Waals surface area contributed by atoms with Crippen LogP contribution in [-0.4, -0.2) is 62.1 Å². The van der Waals surface area contributed by atoms with Crippen molar-refractivity contribution < 1.29 is 4.79 Å². The van der Waals surface area contributed by atoms with Gasteiger partial charge in [0.2, 0.25) is 0 Å². The van der Waals surface area contributed by atoms with Gasteiger partial charge in [-0.1, -0.05) is 19.9 Å². The molecule has 2 N–H and O–H groups in total. The third kappa shape index (κ3) is 5.21. The molecule has 1 aliphatic carbocycles. The normalized spacial score (nSPS) is 14.4. The molecule has 1 aliphatic rings. The second kappa shape index (κ2) is 10.1. The maximum Gasteiger partial charge on any atom is 0.251 e. The van der Waals surface area contributed by atoms with Crippen molar-refractivity contribution in [3.8, 4) is 21.8 Å². The van der Waals surface area contributed by atoms with Crippen LogP contribution in [0, 0.1) is 0 Å². The summed E-state index contributed by atoms with van der Waals surface area (Å²) in [5.41, 5.74) is 3.67. The molecule has 1 unspecified atom stereocenters. The highest BCUT2D eigenvalue weighted by Crippen LogP contribution is 2.30. The minimum Gasteiger partial charge on any atom is -0.367 e.